The van der Waals surface area contributed by atoms with Crippen molar-refractivity contribution in [2.75, 3.05) is 25.1 Å². The quantitative estimate of drug-likeness (QED) is 0.618. The summed E-state index contributed by atoms with van der Waals surface area (Å²) in [5.74, 6) is 4.72. The second-order valence-electron chi connectivity index (χ2n) is 4.09. The molecular weight excluding hydrogens is 279 g/mol. The maximum absolute atomic E-state index is 13.8. The Balaban J connectivity index is 2.62. The number of halogens is 1. The summed E-state index contributed by atoms with van der Waals surface area (Å²) in [5.41, 5.74) is 5.68. The monoisotopic (exact) mass is 296 g/mol. The first kappa shape index (κ1) is 16.3. The van der Waals surface area contributed by atoms with E-state index in [2.05, 4.69) is 17.2 Å². The first-order chi connectivity index (χ1) is 9.54. The third kappa shape index (κ3) is 5.51. The molecule has 3 N–H and O–H groups in total. The Morgan fingerprint density at radius 1 is 1.50 bits per heavy atom. The fourth-order valence-corrected chi connectivity index (χ4v) is 2.05. The number of carbonyl (C=O) groups excluding carboxylic acids is 1. The molecule has 1 amide bonds. The molecule has 20 heavy (non-hydrogen) atoms. The lowest BCUT2D eigenvalue weighted by atomic mass is 10.1. The highest BCUT2D eigenvalue weighted by atomic mass is 32.2. The molecule has 0 radical (unpaired) electrons. The minimum absolute atomic E-state index is 0.0269. The summed E-state index contributed by atoms with van der Waals surface area (Å²) in [7, 11) is -0.886. The third-order valence-electron chi connectivity index (χ3n) is 2.44. The van der Waals surface area contributed by atoms with Crippen LogP contribution in [-0.4, -0.2) is 35.2 Å². The van der Waals surface area contributed by atoms with Gasteiger partial charge in [-0.1, -0.05) is 11.8 Å². The molecule has 6 heteroatoms. The Bertz CT molecular complexity index is 564. The second kappa shape index (κ2) is 8.46. The van der Waals surface area contributed by atoms with E-state index in [9.17, 15) is 13.4 Å². The van der Waals surface area contributed by atoms with Crippen LogP contribution in [0.5, 0.6) is 0 Å². The zero-order valence-electron chi connectivity index (χ0n) is 11.2. The van der Waals surface area contributed by atoms with Crippen molar-refractivity contribution in [3.8, 4) is 11.8 Å². The van der Waals surface area contributed by atoms with Gasteiger partial charge in [0.2, 0.25) is 0 Å². The smallest absolute Gasteiger partial charge is 0.254 e. The number of benzene rings is 1. The molecule has 1 unspecified atom stereocenters. The number of nitrogens with two attached hydrogens (primary N) is 1. The zero-order valence-corrected chi connectivity index (χ0v) is 12.1. The summed E-state index contributed by atoms with van der Waals surface area (Å²) < 4.78 is 24.6. The maximum atomic E-state index is 13.8. The highest BCUT2D eigenvalue weighted by Crippen LogP contribution is 2.09. The highest BCUT2D eigenvalue weighted by molar-refractivity contribution is 7.84. The Labute approximate surface area is 120 Å². The van der Waals surface area contributed by atoms with Gasteiger partial charge in [0.25, 0.3) is 5.91 Å². The second-order valence-corrected chi connectivity index (χ2v) is 5.64. The summed E-state index contributed by atoms with van der Waals surface area (Å²) in [6.45, 7) is 0.565. The molecule has 0 fully saturated rings. The van der Waals surface area contributed by atoms with Gasteiger partial charge in [0.15, 0.2) is 0 Å². The molecule has 0 spiro atoms. The first-order valence-corrected chi connectivity index (χ1v) is 7.84. The summed E-state index contributed by atoms with van der Waals surface area (Å²) in [4.78, 5) is 11.8. The topological polar surface area (TPSA) is 72.2 Å². The third-order valence-corrected chi connectivity index (χ3v) is 3.31. The molecule has 0 aromatic heterocycles. The van der Waals surface area contributed by atoms with Gasteiger partial charge in [-0.15, -0.1) is 0 Å². The van der Waals surface area contributed by atoms with Crippen molar-refractivity contribution in [2.24, 2.45) is 5.73 Å². The summed E-state index contributed by atoms with van der Waals surface area (Å²) in [6, 6.07) is 4.17. The standard InChI is InChI=1S/C14H17FN2O2S/c1-20(19)9-3-8-17-14(18)12-6-5-11(4-2-7-16)10-13(12)15/h5-6,10H,3,7-9,16H2,1H3,(H,17,18). The van der Waals surface area contributed by atoms with Gasteiger partial charge in [-0.25, -0.2) is 4.39 Å². The lowest BCUT2D eigenvalue weighted by molar-refractivity contribution is 0.0949. The average Bonchev–Trinajstić information content (AvgIpc) is 2.41. The Hall–Kier alpha value is -1.71. The van der Waals surface area contributed by atoms with Crippen LogP contribution in [0, 0.1) is 17.7 Å². The summed E-state index contributed by atoms with van der Waals surface area (Å²) in [6.07, 6.45) is 2.19. The predicted octanol–water partition coefficient (Wildman–Crippen LogP) is 0.634. The van der Waals surface area contributed by atoms with Crippen molar-refractivity contribution >= 4 is 16.7 Å². The van der Waals surface area contributed by atoms with Gasteiger partial charge in [-0.05, 0) is 24.6 Å². The van der Waals surface area contributed by atoms with Crippen molar-refractivity contribution in [1.29, 1.82) is 0 Å². The van der Waals surface area contributed by atoms with Crippen LogP contribution in [0.2, 0.25) is 0 Å². The zero-order chi connectivity index (χ0) is 15.0. The molecule has 1 aromatic rings. The highest BCUT2D eigenvalue weighted by Gasteiger charge is 2.11. The van der Waals surface area contributed by atoms with E-state index in [0.717, 1.165) is 0 Å². The number of hydrogen-bond acceptors (Lipinski definition) is 3. The van der Waals surface area contributed by atoms with Gasteiger partial charge in [0.1, 0.15) is 5.82 Å². The van der Waals surface area contributed by atoms with Crippen molar-refractivity contribution in [3.63, 3.8) is 0 Å². The van der Waals surface area contributed by atoms with Crippen LogP contribution in [0.25, 0.3) is 0 Å². The lowest BCUT2D eigenvalue weighted by Gasteiger charge is -2.06. The SMILES string of the molecule is CS(=O)CCCNC(=O)c1ccc(C#CCN)cc1F. The maximum Gasteiger partial charge on any atom is 0.254 e. The molecule has 0 bridgehead atoms. The Morgan fingerprint density at radius 3 is 2.85 bits per heavy atom. The number of hydrogen-bond donors (Lipinski definition) is 2. The number of rotatable bonds is 5. The predicted molar refractivity (Wildman–Crippen MR) is 78.2 cm³/mol. The van der Waals surface area contributed by atoms with Crippen molar-refractivity contribution in [3.05, 3.63) is 35.1 Å². The molecule has 4 nitrogen and oxygen atoms in total. The molecule has 108 valence electrons. The normalized spacial score (nSPS) is 11.3. The van der Waals surface area contributed by atoms with Crippen LogP contribution in [0.3, 0.4) is 0 Å². The van der Waals surface area contributed by atoms with Gasteiger partial charge >= 0.3 is 0 Å². The van der Waals surface area contributed by atoms with E-state index in [1.54, 1.807) is 12.3 Å². The summed E-state index contributed by atoms with van der Waals surface area (Å²) >= 11 is 0. The molecule has 0 saturated carbocycles. The van der Waals surface area contributed by atoms with Gasteiger partial charge in [0.05, 0.1) is 12.1 Å². The minimum Gasteiger partial charge on any atom is -0.352 e. The Morgan fingerprint density at radius 2 is 2.25 bits per heavy atom. The number of carbonyl (C=O) groups is 1. The molecule has 0 aliphatic carbocycles. The molecule has 1 aromatic carbocycles. The molecule has 0 heterocycles. The van der Waals surface area contributed by atoms with E-state index in [1.165, 1.54) is 12.1 Å². The summed E-state index contributed by atoms with van der Waals surface area (Å²) in [5, 5.41) is 2.59. The first-order valence-electron chi connectivity index (χ1n) is 6.11. The van der Waals surface area contributed by atoms with Crippen LogP contribution in [0.15, 0.2) is 18.2 Å². The van der Waals surface area contributed by atoms with Crippen LogP contribution >= 0.6 is 0 Å². The van der Waals surface area contributed by atoms with Gasteiger partial charge in [-0.2, -0.15) is 0 Å². The van der Waals surface area contributed by atoms with Crippen molar-refractivity contribution in [2.45, 2.75) is 6.42 Å². The van der Waals surface area contributed by atoms with Crippen LogP contribution in [-0.2, 0) is 10.8 Å². The molecular formula is C14H17FN2O2S. The number of nitrogens with one attached hydrogen (secondary N) is 1. The number of amides is 1. The molecule has 1 rings (SSSR count). The fraction of sp³-hybridized carbons (Fsp3) is 0.357. The molecule has 0 saturated heterocycles. The molecule has 0 aliphatic rings. The van der Waals surface area contributed by atoms with Gasteiger partial charge in [-0.3, -0.25) is 9.00 Å². The van der Waals surface area contributed by atoms with Crippen molar-refractivity contribution in [1.82, 2.24) is 5.32 Å². The molecule has 0 aliphatic heterocycles. The van der Waals surface area contributed by atoms with E-state index in [-0.39, 0.29) is 12.1 Å². The largest absolute Gasteiger partial charge is 0.352 e. The average molecular weight is 296 g/mol. The van der Waals surface area contributed by atoms with Gasteiger partial charge in [0, 0.05) is 34.9 Å². The Kier molecular flexibility index (Phi) is 6.91. The fourth-order valence-electron chi connectivity index (χ4n) is 1.50. The van der Waals surface area contributed by atoms with Gasteiger partial charge < -0.3 is 11.1 Å². The lowest BCUT2D eigenvalue weighted by Crippen LogP contribution is -2.26. The van der Waals surface area contributed by atoms with Crippen LogP contribution < -0.4 is 11.1 Å². The van der Waals surface area contributed by atoms with E-state index in [4.69, 9.17) is 5.73 Å². The van der Waals surface area contributed by atoms with Crippen LogP contribution in [0.4, 0.5) is 4.39 Å². The van der Waals surface area contributed by atoms with E-state index in [1.807, 2.05) is 0 Å². The molecule has 1 atom stereocenters. The van der Waals surface area contributed by atoms with Crippen molar-refractivity contribution < 1.29 is 13.4 Å². The minimum atomic E-state index is -0.886. The van der Waals surface area contributed by atoms with E-state index >= 15 is 0 Å². The van der Waals surface area contributed by atoms with E-state index < -0.39 is 22.5 Å². The van der Waals surface area contributed by atoms with Crippen LogP contribution in [0.1, 0.15) is 22.3 Å². The van der Waals surface area contributed by atoms with E-state index in [0.29, 0.717) is 24.3 Å².